The Balaban J connectivity index is 1.15. The van der Waals surface area contributed by atoms with Crippen LogP contribution in [0.4, 0.5) is 5.82 Å². The summed E-state index contributed by atoms with van der Waals surface area (Å²) in [5.74, 6) is 0.830. The largest absolute Gasteiger partial charge is 0.393 e. The number of rotatable bonds is 5. The van der Waals surface area contributed by atoms with Gasteiger partial charge in [0.25, 0.3) is 5.91 Å². The van der Waals surface area contributed by atoms with Crippen molar-refractivity contribution in [3.8, 4) is 11.1 Å². The molecule has 4 aliphatic rings. The average Bonchev–Trinajstić information content (AvgIpc) is 3.46. The fourth-order valence-electron chi connectivity index (χ4n) is 6.59. The highest BCUT2D eigenvalue weighted by Crippen LogP contribution is 2.59. The van der Waals surface area contributed by atoms with Crippen molar-refractivity contribution in [3.05, 3.63) is 47.7 Å². The van der Waals surface area contributed by atoms with Crippen LogP contribution in [0.2, 0.25) is 0 Å². The lowest BCUT2D eigenvalue weighted by Gasteiger charge is -2.33. The molecule has 0 radical (unpaired) electrons. The summed E-state index contributed by atoms with van der Waals surface area (Å²) in [6, 6.07) is 11.5. The molecule has 7 heteroatoms. The number of anilines is 1. The van der Waals surface area contributed by atoms with E-state index in [0.717, 1.165) is 75.3 Å². The van der Waals surface area contributed by atoms with E-state index in [0.29, 0.717) is 17.0 Å². The predicted octanol–water partition coefficient (Wildman–Crippen LogP) is 3.12. The molecule has 4 fully saturated rings. The molecule has 0 spiro atoms. The number of pyridine rings is 1. The molecule has 4 N–H and O–H groups in total. The zero-order chi connectivity index (χ0) is 24.0. The van der Waals surface area contributed by atoms with Crippen LogP contribution in [0.5, 0.6) is 0 Å². The third kappa shape index (κ3) is 4.46. The number of piperidine rings is 1. The van der Waals surface area contributed by atoms with Crippen LogP contribution >= 0.6 is 0 Å². The van der Waals surface area contributed by atoms with Gasteiger partial charge in [0.15, 0.2) is 0 Å². The van der Waals surface area contributed by atoms with Crippen LogP contribution in [0.1, 0.15) is 60.9 Å². The van der Waals surface area contributed by atoms with Crippen LogP contribution in [-0.2, 0) is 10.2 Å². The lowest BCUT2D eigenvalue weighted by molar-refractivity contribution is 0.0378. The van der Waals surface area contributed by atoms with Gasteiger partial charge in [0.2, 0.25) is 0 Å². The molecule has 2 aliphatic heterocycles. The first-order valence-electron chi connectivity index (χ1n) is 13.2. The number of carbonyl (C=O) groups is 1. The molecule has 1 aromatic carbocycles. The quantitative estimate of drug-likeness (QED) is 0.613. The molecule has 2 aliphatic carbocycles. The summed E-state index contributed by atoms with van der Waals surface area (Å²) in [5.41, 5.74) is 10.2. The summed E-state index contributed by atoms with van der Waals surface area (Å²) < 4.78 is 5.56. The maximum absolute atomic E-state index is 12.9. The second-order valence-electron chi connectivity index (χ2n) is 11.0. The highest BCUT2D eigenvalue weighted by molar-refractivity contribution is 5.99. The van der Waals surface area contributed by atoms with Gasteiger partial charge in [-0.15, -0.1) is 0 Å². The van der Waals surface area contributed by atoms with Gasteiger partial charge in [-0.05, 0) is 68.1 Å². The molecule has 7 nitrogen and oxygen atoms in total. The maximum Gasteiger partial charge on any atom is 0.255 e. The van der Waals surface area contributed by atoms with Crippen molar-refractivity contribution in [1.29, 1.82) is 0 Å². The van der Waals surface area contributed by atoms with Crippen molar-refractivity contribution in [2.24, 2.45) is 5.92 Å². The van der Waals surface area contributed by atoms with Crippen molar-refractivity contribution in [1.82, 2.24) is 15.2 Å². The van der Waals surface area contributed by atoms with Crippen molar-refractivity contribution in [2.45, 2.75) is 68.5 Å². The topological polar surface area (TPSA) is 101 Å². The van der Waals surface area contributed by atoms with Gasteiger partial charge in [0, 0.05) is 55.6 Å². The lowest BCUT2D eigenvalue weighted by atomic mass is 9.92. The lowest BCUT2D eigenvalue weighted by Crippen LogP contribution is -2.40. The number of likely N-dealkylation sites (tertiary alicyclic amines) is 1. The minimum absolute atomic E-state index is 0.0751. The number of hydrogen-bond acceptors (Lipinski definition) is 6. The number of hydrogen-bond donors (Lipinski definition) is 3. The molecule has 2 saturated heterocycles. The van der Waals surface area contributed by atoms with E-state index in [2.05, 4.69) is 39.5 Å². The number of amides is 1. The number of ether oxygens (including phenoxy) is 1. The Hall–Kier alpha value is -2.48. The molecule has 35 heavy (non-hydrogen) atoms. The Morgan fingerprint density at radius 1 is 1.09 bits per heavy atom. The van der Waals surface area contributed by atoms with Crippen LogP contribution in [0.15, 0.2) is 36.5 Å². The zero-order valence-corrected chi connectivity index (χ0v) is 20.3. The number of aliphatic hydroxyl groups is 1. The molecule has 3 heterocycles. The molecular weight excluding hydrogens is 440 g/mol. The number of nitrogen functional groups attached to an aromatic ring is 1. The number of fused-ring (bicyclic) bond motifs is 1. The second-order valence-corrected chi connectivity index (χ2v) is 11.0. The van der Waals surface area contributed by atoms with E-state index in [-0.39, 0.29) is 23.9 Å². The number of carbonyl (C=O) groups excluding carboxylic acids is 1. The Morgan fingerprint density at radius 3 is 2.57 bits per heavy atom. The Kier molecular flexibility index (Phi) is 6.03. The average molecular weight is 477 g/mol. The second kappa shape index (κ2) is 9.19. The summed E-state index contributed by atoms with van der Waals surface area (Å²) in [4.78, 5) is 20.0. The van der Waals surface area contributed by atoms with E-state index < -0.39 is 0 Å². The van der Waals surface area contributed by atoms with E-state index in [9.17, 15) is 9.90 Å². The Labute approximate surface area is 207 Å². The summed E-state index contributed by atoms with van der Waals surface area (Å²) in [6.45, 7) is 4.17. The van der Waals surface area contributed by atoms with Gasteiger partial charge in [-0.2, -0.15) is 0 Å². The molecule has 2 atom stereocenters. The summed E-state index contributed by atoms with van der Waals surface area (Å²) in [6.07, 6.45) is 8.12. The van der Waals surface area contributed by atoms with Gasteiger partial charge in [-0.1, -0.05) is 24.3 Å². The third-order valence-corrected chi connectivity index (χ3v) is 8.87. The highest BCUT2D eigenvalue weighted by Gasteiger charge is 2.61. The molecule has 2 saturated carbocycles. The van der Waals surface area contributed by atoms with E-state index in [4.69, 9.17) is 10.5 Å². The SMILES string of the molecule is Nc1ncc(-c2ccc(C34CC3CN(C3CCOCC3)C4)cc2)cc1C(=O)NC1CCC(O)CC1. The molecule has 6 rings (SSSR count). The molecule has 2 aromatic rings. The van der Waals surface area contributed by atoms with Gasteiger partial charge in [-0.3, -0.25) is 9.69 Å². The Morgan fingerprint density at radius 2 is 1.83 bits per heavy atom. The van der Waals surface area contributed by atoms with Gasteiger partial charge >= 0.3 is 0 Å². The number of aliphatic hydroxyl groups excluding tert-OH is 1. The fraction of sp³-hybridized carbons (Fsp3) is 0.571. The molecular formula is C28H36N4O3. The van der Waals surface area contributed by atoms with Gasteiger partial charge in [0.1, 0.15) is 5.82 Å². The van der Waals surface area contributed by atoms with Crippen LogP contribution in [0, 0.1) is 5.92 Å². The summed E-state index contributed by atoms with van der Waals surface area (Å²) in [7, 11) is 0. The van der Waals surface area contributed by atoms with Crippen molar-refractivity contribution in [3.63, 3.8) is 0 Å². The Bertz CT molecular complexity index is 1080. The van der Waals surface area contributed by atoms with Crippen LogP contribution in [0.25, 0.3) is 11.1 Å². The van der Waals surface area contributed by atoms with E-state index >= 15 is 0 Å². The number of nitrogens with one attached hydrogen (secondary N) is 1. The normalized spacial score (nSPS) is 31.2. The third-order valence-electron chi connectivity index (χ3n) is 8.87. The van der Waals surface area contributed by atoms with Crippen molar-refractivity contribution < 1.29 is 14.6 Å². The summed E-state index contributed by atoms with van der Waals surface area (Å²) >= 11 is 0. The molecule has 2 unspecified atom stereocenters. The van der Waals surface area contributed by atoms with E-state index in [1.54, 1.807) is 6.20 Å². The minimum atomic E-state index is -0.249. The van der Waals surface area contributed by atoms with E-state index in [1.165, 1.54) is 18.5 Å². The van der Waals surface area contributed by atoms with Crippen LogP contribution < -0.4 is 11.1 Å². The molecule has 186 valence electrons. The number of benzene rings is 1. The molecule has 0 bridgehead atoms. The number of nitrogens with zero attached hydrogens (tertiary/aromatic N) is 2. The van der Waals surface area contributed by atoms with Crippen LogP contribution in [-0.4, -0.2) is 65.4 Å². The fourth-order valence-corrected chi connectivity index (χ4v) is 6.59. The molecule has 1 aromatic heterocycles. The smallest absolute Gasteiger partial charge is 0.255 e. The van der Waals surface area contributed by atoms with Gasteiger partial charge < -0.3 is 20.9 Å². The maximum atomic E-state index is 12.9. The first-order chi connectivity index (χ1) is 17.0. The predicted molar refractivity (Wildman–Crippen MR) is 135 cm³/mol. The first-order valence-corrected chi connectivity index (χ1v) is 13.2. The zero-order valence-electron chi connectivity index (χ0n) is 20.3. The van der Waals surface area contributed by atoms with E-state index in [1.807, 2.05) is 6.07 Å². The standard InChI is InChI=1S/C28H36N4O3/c29-26-25(27(34)31-22-5-7-24(33)8-6-22)13-19(15-30-26)18-1-3-20(4-2-18)28-14-21(28)16-32(17-28)23-9-11-35-12-10-23/h1-4,13,15,21-24,33H,5-12,14,16-17H2,(H2,29,30)(H,31,34). The monoisotopic (exact) mass is 476 g/mol. The summed E-state index contributed by atoms with van der Waals surface area (Å²) in [5, 5.41) is 12.8. The number of aromatic nitrogens is 1. The first kappa shape index (κ1) is 23.0. The van der Waals surface area contributed by atoms with Gasteiger partial charge in [0.05, 0.1) is 11.7 Å². The number of nitrogens with two attached hydrogens (primary N) is 1. The molecule has 1 amide bonds. The highest BCUT2D eigenvalue weighted by atomic mass is 16.5. The van der Waals surface area contributed by atoms with Crippen molar-refractivity contribution >= 4 is 11.7 Å². The van der Waals surface area contributed by atoms with Crippen molar-refractivity contribution in [2.75, 3.05) is 32.0 Å². The van der Waals surface area contributed by atoms with Crippen LogP contribution in [0.3, 0.4) is 0 Å². The van der Waals surface area contributed by atoms with Gasteiger partial charge in [-0.25, -0.2) is 4.98 Å². The minimum Gasteiger partial charge on any atom is -0.393 e.